The highest BCUT2D eigenvalue weighted by molar-refractivity contribution is 5.41. The van der Waals surface area contributed by atoms with Crippen molar-refractivity contribution >= 4 is 5.82 Å². The van der Waals surface area contributed by atoms with Crippen LogP contribution in [0, 0.1) is 0 Å². The van der Waals surface area contributed by atoms with Crippen LogP contribution < -0.4 is 9.64 Å². The number of ether oxygens (including phenoxy) is 1. The molecule has 0 atom stereocenters. The van der Waals surface area contributed by atoms with Crippen molar-refractivity contribution in [3.8, 4) is 5.75 Å². The third-order valence-electron chi connectivity index (χ3n) is 3.53. The van der Waals surface area contributed by atoms with E-state index in [0.29, 0.717) is 5.82 Å². The quantitative estimate of drug-likeness (QED) is 0.858. The number of hydrogen-bond donors (Lipinski definition) is 0. The molecule has 1 aliphatic rings. The Morgan fingerprint density at radius 3 is 2.48 bits per heavy atom. The second-order valence-electron chi connectivity index (χ2n) is 5.15. The van der Waals surface area contributed by atoms with E-state index in [2.05, 4.69) is 19.8 Å². The number of hydrogen-bond acceptors (Lipinski definition) is 6. The van der Waals surface area contributed by atoms with Crippen molar-refractivity contribution in [2.24, 2.45) is 0 Å². The highest BCUT2D eigenvalue weighted by Gasteiger charge is 2.31. The molecule has 3 rings (SSSR count). The number of halogens is 3. The predicted octanol–water partition coefficient (Wildman–Crippen LogP) is 2.29. The third kappa shape index (κ3) is 4.35. The lowest BCUT2D eigenvalue weighted by molar-refractivity contribution is -0.274. The van der Waals surface area contributed by atoms with Crippen LogP contribution in [0.3, 0.4) is 0 Å². The lowest BCUT2D eigenvalue weighted by atomic mass is 10.3. The van der Waals surface area contributed by atoms with Crippen molar-refractivity contribution in [1.29, 1.82) is 0 Å². The number of anilines is 1. The van der Waals surface area contributed by atoms with Gasteiger partial charge in [-0.3, -0.25) is 4.90 Å². The highest BCUT2D eigenvalue weighted by Crippen LogP contribution is 2.24. The molecular weight excluding hydrogens is 313 g/mol. The van der Waals surface area contributed by atoms with Crippen LogP contribution in [0.25, 0.3) is 0 Å². The van der Waals surface area contributed by atoms with Gasteiger partial charge in [0.2, 0.25) is 0 Å². The summed E-state index contributed by atoms with van der Waals surface area (Å²) >= 11 is 0. The SMILES string of the molecule is FC(F)(F)Oc1ccc(N2CCN(Cc3ccon3)CC2)nc1. The van der Waals surface area contributed by atoms with Crippen molar-refractivity contribution in [3.63, 3.8) is 0 Å². The molecule has 0 bridgehead atoms. The molecule has 0 saturated carbocycles. The Labute approximate surface area is 130 Å². The maximum atomic E-state index is 12.1. The van der Waals surface area contributed by atoms with Gasteiger partial charge in [0.25, 0.3) is 0 Å². The zero-order valence-electron chi connectivity index (χ0n) is 12.2. The van der Waals surface area contributed by atoms with Gasteiger partial charge < -0.3 is 14.2 Å². The molecule has 2 aromatic rings. The highest BCUT2D eigenvalue weighted by atomic mass is 19.4. The minimum atomic E-state index is -4.70. The summed E-state index contributed by atoms with van der Waals surface area (Å²) in [7, 11) is 0. The second kappa shape index (κ2) is 6.45. The molecule has 23 heavy (non-hydrogen) atoms. The van der Waals surface area contributed by atoms with Gasteiger partial charge in [-0.25, -0.2) is 4.98 Å². The van der Waals surface area contributed by atoms with Crippen molar-refractivity contribution < 1.29 is 22.4 Å². The molecule has 0 radical (unpaired) electrons. The van der Waals surface area contributed by atoms with E-state index in [4.69, 9.17) is 4.52 Å². The summed E-state index contributed by atoms with van der Waals surface area (Å²) in [5.74, 6) is 0.325. The van der Waals surface area contributed by atoms with Crippen LogP contribution in [0.4, 0.5) is 19.0 Å². The van der Waals surface area contributed by atoms with Gasteiger partial charge in [0.1, 0.15) is 17.8 Å². The molecule has 0 N–H and O–H groups in total. The fourth-order valence-corrected chi connectivity index (χ4v) is 2.44. The van der Waals surface area contributed by atoms with Gasteiger partial charge in [0, 0.05) is 38.8 Å². The third-order valence-corrected chi connectivity index (χ3v) is 3.53. The zero-order valence-corrected chi connectivity index (χ0v) is 12.2. The summed E-state index contributed by atoms with van der Waals surface area (Å²) in [5, 5.41) is 3.88. The van der Waals surface area contributed by atoms with Gasteiger partial charge in [-0.05, 0) is 12.1 Å². The molecule has 0 aromatic carbocycles. The number of alkyl halides is 3. The summed E-state index contributed by atoms with van der Waals surface area (Å²) in [4.78, 5) is 8.30. The average Bonchev–Trinajstić information content (AvgIpc) is 3.00. The molecule has 9 heteroatoms. The molecule has 0 amide bonds. The minimum absolute atomic E-state index is 0.314. The summed E-state index contributed by atoms with van der Waals surface area (Å²) in [6, 6.07) is 4.64. The molecule has 0 spiro atoms. The number of aromatic nitrogens is 2. The van der Waals surface area contributed by atoms with Crippen molar-refractivity contribution in [3.05, 3.63) is 36.4 Å². The monoisotopic (exact) mass is 328 g/mol. The van der Waals surface area contributed by atoms with E-state index in [1.165, 1.54) is 12.1 Å². The van der Waals surface area contributed by atoms with Gasteiger partial charge >= 0.3 is 6.36 Å². The summed E-state index contributed by atoms with van der Waals surface area (Å²) < 4.78 is 45.0. The van der Waals surface area contributed by atoms with E-state index >= 15 is 0 Å². The fourth-order valence-electron chi connectivity index (χ4n) is 2.44. The lowest BCUT2D eigenvalue weighted by Gasteiger charge is -2.34. The first-order valence-electron chi connectivity index (χ1n) is 7.08. The van der Waals surface area contributed by atoms with Gasteiger partial charge in [-0.1, -0.05) is 5.16 Å². The molecule has 124 valence electrons. The number of piperazine rings is 1. The molecule has 3 heterocycles. The topological polar surface area (TPSA) is 54.6 Å². The predicted molar refractivity (Wildman–Crippen MR) is 74.9 cm³/mol. The Bertz CT molecular complexity index is 608. The Balaban J connectivity index is 1.53. The van der Waals surface area contributed by atoms with Crippen LogP contribution >= 0.6 is 0 Å². The first-order chi connectivity index (χ1) is 11.0. The zero-order chi connectivity index (χ0) is 16.3. The summed E-state index contributed by atoms with van der Waals surface area (Å²) in [6.07, 6.45) is -2.07. The largest absolute Gasteiger partial charge is 0.573 e. The van der Waals surface area contributed by atoms with E-state index in [1.807, 2.05) is 11.0 Å². The normalized spacial score (nSPS) is 16.6. The first-order valence-corrected chi connectivity index (χ1v) is 7.08. The fraction of sp³-hybridized carbons (Fsp3) is 0.429. The standard InChI is InChI=1S/C14H15F3N4O2/c15-14(16,17)23-12-1-2-13(18-9-12)21-6-4-20(5-7-21)10-11-3-8-22-19-11/h1-3,8-9H,4-7,10H2. The first kappa shape index (κ1) is 15.6. The van der Waals surface area contributed by atoms with Gasteiger partial charge in [0.05, 0.1) is 11.9 Å². The Kier molecular flexibility index (Phi) is 4.37. The molecular formula is C14H15F3N4O2. The molecule has 6 nitrogen and oxygen atoms in total. The van der Waals surface area contributed by atoms with E-state index in [9.17, 15) is 13.2 Å². The molecule has 2 aromatic heterocycles. The molecule has 0 unspecified atom stereocenters. The van der Waals surface area contributed by atoms with Gasteiger partial charge in [0.15, 0.2) is 0 Å². The van der Waals surface area contributed by atoms with Crippen LogP contribution in [0.2, 0.25) is 0 Å². The number of nitrogens with zero attached hydrogens (tertiary/aromatic N) is 4. The van der Waals surface area contributed by atoms with Gasteiger partial charge in [-0.2, -0.15) is 0 Å². The van der Waals surface area contributed by atoms with E-state index in [0.717, 1.165) is 44.6 Å². The maximum Gasteiger partial charge on any atom is 0.573 e. The average molecular weight is 328 g/mol. The molecule has 1 fully saturated rings. The Morgan fingerprint density at radius 1 is 1.13 bits per heavy atom. The number of pyridine rings is 1. The van der Waals surface area contributed by atoms with Crippen LogP contribution in [-0.2, 0) is 6.54 Å². The maximum absolute atomic E-state index is 12.1. The minimum Gasteiger partial charge on any atom is -0.404 e. The lowest BCUT2D eigenvalue weighted by Crippen LogP contribution is -2.46. The summed E-state index contributed by atoms with van der Waals surface area (Å²) in [6.45, 7) is 3.83. The van der Waals surface area contributed by atoms with Crippen LogP contribution in [0.1, 0.15) is 5.69 Å². The van der Waals surface area contributed by atoms with Crippen LogP contribution in [0.15, 0.2) is 35.2 Å². The molecule has 0 aliphatic carbocycles. The van der Waals surface area contributed by atoms with Crippen molar-refractivity contribution in [2.45, 2.75) is 12.9 Å². The van der Waals surface area contributed by atoms with E-state index in [-0.39, 0.29) is 5.75 Å². The van der Waals surface area contributed by atoms with E-state index in [1.54, 1.807) is 6.26 Å². The van der Waals surface area contributed by atoms with Crippen molar-refractivity contribution in [2.75, 3.05) is 31.1 Å². The Hall–Kier alpha value is -2.29. The smallest absolute Gasteiger partial charge is 0.404 e. The molecule has 1 saturated heterocycles. The number of rotatable bonds is 4. The van der Waals surface area contributed by atoms with Crippen LogP contribution in [-0.4, -0.2) is 47.6 Å². The van der Waals surface area contributed by atoms with Crippen molar-refractivity contribution in [1.82, 2.24) is 15.0 Å². The Morgan fingerprint density at radius 2 is 1.91 bits per heavy atom. The second-order valence-corrected chi connectivity index (χ2v) is 5.15. The molecule has 1 aliphatic heterocycles. The van der Waals surface area contributed by atoms with Gasteiger partial charge in [-0.15, -0.1) is 13.2 Å². The van der Waals surface area contributed by atoms with E-state index < -0.39 is 6.36 Å². The van der Waals surface area contributed by atoms with Crippen LogP contribution in [0.5, 0.6) is 5.75 Å². The summed E-state index contributed by atoms with van der Waals surface area (Å²) in [5.41, 5.74) is 0.880.